The fourth-order valence-corrected chi connectivity index (χ4v) is 2.59. The number of rotatable bonds is 7. The molecule has 1 aliphatic rings. The maximum absolute atomic E-state index is 8.90. The van der Waals surface area contributed by atoms with E-state index in [0.717, 1.165) is 21.7 Å². The highest BCUT2D eigenvalue weighted by molar-refractivity contribution is 9.10. The molecule has 0 amide bonds. The number of benzene rings is 1. The third-order valence-electron chi connectivity index (χ3n) is 3.79. The van der Waals surface area contributed by atoms with Crippen LogP contribution in [-0.4, -0.2) is 28.2 Å². The average Bonchev–Trinajstić information content (AvgIpc) is 3.36. The number of hydrogen-bond acceptors (Lipinski definition) is 5. The summed E-state index contributed by atoms with van der Waals surface area (Å²) in [5.41, 5.74) is 3.27. The first-order valence-corrected chi connectivity index (χ1v) is 8.72. The molecule has 1 heterocycles. The number of nitrogens with one attached hydrogen (secondary N) is 2. The van der Waals surface area contributed by atoms with Crippen molar-refractivity contribution in [2.45, 2.75) is 32.1 Å². The molecule has 2 aromatic rings. The molecule has 1 aromatic heterocycles. The molecule has 0 unspecified atom stereocenters. The van der Waals surface area contributed by atoms with Crippen LogP contribution in [0.5, 0.6) is 0 Å². The molecule has 3 N–H and O–H groups in total. The quantitative estimate of drug-likeness (QED) is 0.637. The molecule has 1 saturated carbocycles. The molecule has 1 fully saturated rings. The highest BCUT2D eigenvalue weighted by atomic mass is 79.9. The third kappa shape index (κ3) is 4.42. The van der Waals surface area contributed by atoms with Crippen molar-refractivity contribution in [3.63, 3.8) is 0 Å². The maximum Gasteiger partial charge on any atom is 0.224 e. The lowest BCUT2D eigenvalue weighted by Crippen LogP contribution is -2.09. The van der Waals surface area contributed by atoms with Crippen LogP contribution in [0.15, 0.2) is 28.7 Å². The standard InChI is InChI=1S/C17H21BrN4O/c1-11-9-13(5-6-14(11)18)20-16-10-15(12-3-4-12)21-17(22-16)19-7-2-8-23/h5-6,9-10,12,23H,2-4,7-8H2,1H3,(H2,19,20,21,22). The SMILES string of the molecule is Cc1cc(Nc2cc(C3CC3)nc(NCCCO)n2)ccc1Br. The van der Waals surface area contributed by atoms with Crippen molar-refractivity contribution < 1.29 is 5.11 Å². The fraction of sp³-hybridized carbons (Fsp3) is 0.412. The Kier molecular flexibility index (Phi) is 5.13. The molecule has 0 radical (unpaired) electrons. The van der Waals surface area contributed by atoms with Crippen molar-refractivity contribution in [3.05, 3.63) is 40.0 Å². The van der Waals surface area contributed by atoms with Gasteiger partial charge in [0.15, 0.2) is 0 Å². The average molecular weight is 377 g/mol. The summed E-state index contributed by atoms with van der Waals surface area (Å²) >= 11 is 3.52. The molecule has 3 rings (SSSR count). The largest absolute Gasteiger partial charge is 0.396 e. The van der Waals surface area contributed by atoms with E-state index < -0.39 is 0 Å². The highest BCUT2D eigenvalue weighted by Gasteiger charge is 2.26. The highest BCUT2D eigenvalue weighted by Crippen LogP contribution is 2.40. The number of nitrogens with zero attached hydrogens (tertiary/aromatic N) is 2. The van der Waals surface area contributed by atoms with E-state index in [0.29, 0.717) is 24.8 Å². The fourth-order valence-electron chi connectivity index (χ4n) is 2.35. The molecule has 5 nitrogen and oxygen atoms in total. The number of aliphatic hydroxyl groups excluding tert-OH is 1. The van der Waals surface area contributed by atoms with Crippen molar-refractivity contribution in [3.8, 4) is 0 Å². The first kappa shape index (κ1) is 16.2. The van der Waals surface area contributed by atoms with Crippen LogP contribution in [0.3, 0.4) is 0 Å². The summed E-state index contributed by atoms with van der Waals surface area (Å²) in [5, 5.41) is 15.4. The van der Waals surface area contributed by atoms with Crippen LogP contribution >= 0.6 is 15.9 Å². The molecule has 1 aromatic carbocycles. The summed E-state index contributed by atoms with van der Waals surface area (Å²) in [6.45, 7) is 2.90. The summed E-state index contributed by atoms with van der Waals surface area (Å²) < 4.78 is 1.09. The van der Waals surface area contributed by atoms with E-state index in [1.54, 1.807) is 0 Å². The zero-order valence-corrected chi connectivity index (χ0v) is 14.7. The Hall–Kier alpha value is -1.66. The molecular weight excluding hydrogens is 356 g/mol. The number of aromatic nitrogens is 2. The minimum absolute atomic E-state index is 0.165. The van der Waals surface area contributed by atoms with Gasteiger partial charge < -0.3 is 15.7 Å². The van der Waals surface area contributed by atoms with Crippen LogP contribution in [0.2, 0.25) is 0 Å². The predicted molar refractivity (Wildman–Crippen MR) is 96.4 cm³/mol. The summed E-state index contributed by atoms with van der Waals surface area (Å²) in [6.07, 6.45) is 3.08. The molecule has 6 heteroatoms. The second-order valence-corrected chi connectivity index (χ2v) is 6.72. The Morgan fingerprint density at radius 1 is 1.26 bits per heavy atom. The van der Waals surface area contributed by atoms with Crippen molar-refractivity contribution in [1.82, 2.24) is 9.97 Å². The van der Waals surface area contributed by atoms with Gasteiger partial charge in [0.2, 0.25) is 5.95 Å². The lowest BCUT2D eigenvalue weighted by Gasteiger charge is -2.11. The lowest BCUT2D eigenvalue weighted by atomic mass is 10.2. The molecular formula is C17H21BrN4O. The zero-order chi connectivity index (χ0) is 16.2. The van der Waals surface area contributed by atoms with Crippen LogP contribution in [0, 0.1) is 6.92 Å². The van der Waals surface area contributed by atoms with Gasteiger partial charge in [0, 0.05) is 35.3 Å². The van der Waals surface area contributed by atoms with E-state index in [4.69, 9.17) is 5.11 Å². The van der Waals surface area contributed by atoms with Crippen LogP contribution in [0.4, 0.5) is 17.5 Å². The Bertz CT molecular complexity index is 688. The predicted octanol–water partition coefficient (Wildman–Crippen LogP) is 3.96. The minimum atomic E-state index is 0.165. The molecule has 0 saturated heterocycles. The Morgan fingerprint density at radius 2 is 2.09 bits per heavy atom. The molecule has 0 bridgehead atoms. The molecule has 0 spiro atoms. The summed E-state index contributed by atoms with van der Waals surface area (Å²) in [5.74, 6) is 1.98. The summed E-state index contributed by atoms with van der Waals surface area (Å²) in [4.78, 5) is 9.13. The van der Waals surface area contributed by atoms with Gasteiger partial charge in [-0.1, -0.05) is 15.9 Å². The van der Waals surface area contributed by atoms with Gasteiger partial charge in [0.1, 0.15) is 5.82 Å². The van der Waals surface area contributed by atoms with Gasteiger partial charge in [0.05, 0.1) is 5.69 Å². The van der Waals surface area contributed by atoms with Crippen LogP contribution in [0.1, 0.15) is 36.4 Å². The summed E-state index contributed by atoms with van der Waals surface area (Å²) in [7, 11) is 0. The van der Waals surface area contributed by atoms with Gasteiger partial charge in [-0.05, 0) is 49.9 Å². The van der Waals surface area contributed by atoms with E-state index in [-0.39, 0.29) is 6.61 Å². The molecule has 23 heavy (non-hydrogen) atoms. The number of hydrogen-bond donors (Lipinski definition) is 3. The molecule has 1 aliphatic carbocycles. The minimum Gasteiger partial charge on any atom is -0.396 e. The number of aryl methyl sites for hydroxylation is 1. The number of aliphatic hydroxyl groups is 1. The molecule has 122 valence electrons. The normalized spacial score (nSPS) is 13.9. The zero-order valence-electron chi connectivity index (χ0n) is 13.1. The molecule has 0 atom stereocenters. The number of anilines is 3. The van der Waals surface area contributed by atoms with Crippen LogP contribution in [0.25, 0.3) is 0 Å². The second-order valence-electron chi connectivity index (χ2n) is 5.87. The van der Waals surface area contributed by atoms with Gasteiger partial charge in [-0.2, -0.15) is 4.98 Å². The maximum atomic E-state index is 8.90. The van der Waals surface area contributed by atoms with Crippen molar-refractivity contribution in [1.29, 1.82) is 0 Å². The van der Waals surface area contributed by atoms with Crippen molar-refractivity contribution in [2.75, 3.05) is 23.8 Å². The van der Waals surface area contributed by atoms with E-state index >= 15 is 0 Å². The van der Waals surface area contributed by atoms with E-state index in [9.17, 15) is 0 Å². The monoisotopic (exact) mass is 376 g/mol. The van der Waals surface area contributed by atoms with Gasteiger partial charge in [-0.3, -0.25) is 0 Å². The van der Waals surface area contributed by atoms with Crippen molar-refractivity contribution >= 4 is 33.4 Å². The summed E-state index contributed by atoms with van der Waals surface area (Å²) in [6, 6.07) is 8.17. The van der Waals surface area contributed by atoms with Crippen LogP contribution < -0.4 is 10.6 Å². The Labute approximate surface area is 144 Å². The van der Waals surface area contributed by atoms with E-state index in [1.807, 2.05) is 18.2 Å². The Morgan fingerprint density at radius 3 is 2.78 bits per heavy atom. The van der Waals surface area contributed by atoms with E-state index in [2.05, 4.69) is 49.5 Å². The van der Waals surface area contributed by atoms with Gasteiger partial charge >= 0.3 is 0 Å². The third-order valence-corrected chi connectivity index (χ3v) is 4.68. The van der Waals surface area contributed by atoms with Crippen molar-refractivity contribution in [2.24, 2.45) is 0 Å². The topological polar surface area (TPSA) is 70.1 Å². The van der Waals surface area contributed by atoms with Gasteiger partial charge in [0.25, 0.3) is 0 Å². The van der Waals surface area contributed by atoms with E-state index in [1.165, 1.54) is 18.4 Å². The smallest absolute Gasteiger partial charge is 0.224 e. The second kappa shape index (κ2) is 7.27. The lowest BCUT2D eigenvalue weighted by molar-refractivity contribution is 0.292. The first-order chi connectivity index (χ1) is 11.2. The molecule has 0 aliphatic heterocycles. The number of halogens is 1. The van der Waals surface area contributed by atoms with Crippen LogP contribution in [-0.2, 0) is 0 Å². The van der Waals surface area contributed by atoms with Gasteiger partial charge in [-0.25, -0.2) is 4.98 Å². The van der Waals surface area contributed by atoms with Gasteiger partial charge in [-0.15, -0.1) is 0 Å². The Balaban J connectivity index is 1.80. The first-order valence-electron chi connectivity index (χ1n) is 7.92.